The van der Waals surface area contributed by atoms with Crippen molar-refractivity contribution in [3.63, 3.8) is 0 Å². The van der Waals surface area contributed by atoms with Crippen molar-refractivity contribution < 1.29 is 9.84 Å². The molecule has 0 bridgehead atoms. The Morgan fingerprint density at radius 2 is 1.82 bits per heavy atom. The number of hydrogen-bond donors (Lipinski definition) is 2. The van der Waals surface area contributed by atoms with E-state index in [1.807, 2.05) is 24.3 Å². The first-order valence-corrected chi connectivity index (χ1v) is 8.86. The smallest absolute Gasteiger partial charge is 0.0897 e. The lowest BCUT2D eigenvalue weighted by atomic mass is 9.96. The fourth-order valence-electron chi connectivity index (χ4n) is 2.94. The lowest BCUT2D eigenvalue weighted by Crippen LogP contribution is -2.37. The average Bonchev–Trinajstić information content (AvgIpc) is 2.48. The minimum Gasteiger partial charge on any atom is -0.389 e. The van der Waals surface area contributed by atoms with Gasteiger partial charge in [-0.3, -0.25) is 0 Å². The molecule has 0 spiro atoms. The fraction of sp³-hybridized carbons (Fsp3) is 0.667. The van der Waals surface area contributed by atoms with Gasteiger partial charge in [0.1, 0.15) is 0 Å². The maximum Gasteiger partial charge on any atom is 0.0897 e. The van der Waals surface area contributed by atoms with Gasteiger partial charge in [0.25, 0.3) is 0 Å². The lowest BCUT2D eigenvalue weighted by Gasteiger charge is -2.22. The van der Waals surface area contributed by atoms with Crippen molar-refractivity contribution in [2.24, 2.45) is 0 Å². The first kappa shape index (κ1) is 17.7. The molecule has 2 N–H and O–H groups in total. The molecule has 1 aliphatic rings. The summed E-state index contributed by atoms with van der Waals surface area (Å²) in [6.07, 6.45) is 8.68. The van der Waals surface area contributed by atoms with E-state index in [1.54, 1.807) is 0 Å². The zero-order valence-electron chi connectivity index (χ0n) is 13.3. The van der Waals surface area contributed by atoms with Crippen molar-refractivity contribution in [1.29, 1.82) is 0 Å². The second-order valence-corrected chi connectivity index (χ2v) is 6.62. The van der Waals surface area contributed by atoms with Crippen molar-refractivity contribution in [3.8, 4) is 0 Å². The monoisotopic (exact) mass is 325 g/mol. The number of aliphatic hydroxyl groups is 1. The van der Waals surface area contributed by atoms with Crippen molar-refractivity contribution in [2.45, 2.75) is 63.7 Å². The van der Waals surface area contributed by atoms with E-state index in [9.17, 15) is 5.11 Å². The quantitative estimate of drug-likeness (QED) is 0.798. The van der Waals surface area contributed by atoms with E-state index in [1.165, 1.54) is 44.9 Å². The lowest BCUT2D eigenvalue weighted by molar-refractivity contribution is 0.0272. The van der Waals surface area contributed by atoms with E-state index >= 15 is 0 Å². The van der Waals surface area contributed by atoms with Gasteiger partial charge in [0.2, 0.25) is 0 Å². The van der Waals surface area contributed by atoms with Gasteiger partial charge in [0, 0.05) is 17.6 Å². The second kappa shape index (κ2) is 10.2. The SMILES string of the molecule is O[C@H](CNC1CCCCCCC1)COCc1ccccc1Cl. The van der Waals surface area contributed by atoms with Crippen LogP contribution in [0.25, 0.3) is 0 Å². The Kier molecular flexibility index (Phi) is 8.24. The Morgan fingerprint density at radius 1 is 1.14 bits per heavy atom. The number of halogens is 1. The number of rotatable bonds is 7. The molecule has 1 aromatic rings. The maximum atomic E-state index is 10.0. The van der Waals surface area contributed by atoms with Crippen LogP contribution in [0.15, 0.2) is 24.3 Å². The summed E-state index contributed by atoms with van der Waals surface area (Å²) >= 11 is 6.08. The van der Waals surface area contributed by atoms with Gasteiger partial charge in [0.05, 0.1) is 19.3 Å². The molecule has 124 valence electrons. The molecule has 1 aliphatic carbocycles. The van der Waals surface area contributed by atoms with Crippen LogP contribution in [0.2, 0.25) is 5.02 Å². The predicted molar refractivity (Wildman–Crippen MR) is 91.2 cm³/mol. The molecular formula is C18H28ClNO2. The van der Waals surface area contributed by atoms with E-state index < -0.39 is 6.10 Å². The number of ether oxygens (including phenoxy) is 1. The zero-order valence-corrected chi connectivity index (χ0v) is 14.0. The molecule has 0 aromatic heterocycles. The van der Waals surface area contributed by atoms with Crippen LogP contribution < -0.4 is 5.32 Å². The van der Waals surface area contributed by atoms with Gasteiger partial charge in [0.15, 0.2) is 0 Å². The first-order valence-electron chi connectivity index (χ1n) is 8.48. The molecule has 1 aromatic carbocycles. The summed E-state index contributed by atoms with van der Waals surface area (Å²) in [5.74, 6) is 0. The van der Waals surface area contributed by atoms with Crippen molar-refractivity contribution in [3.05, 3.63) is 34.9 Å². The molecule has 0 amide bonds. The van der Waals surface area contributed by atoms with Crippen molar-refractivity contribution in [2.75, 3.05) is 13.2 Å². The highest BCUT2D eigenvalue weighted by molar-refractivity contribution is 6.31. The van der Waals surface area contributed by atoms with Gasteiger partial charge < -0.3 is 15.2 Å². The molecule has 22 heavy (non-hydrogen) atoms. The number of aliphatic hydroxyl groups excluding tert-OH is 1. The van der Waals surface area contributed by atoms with Crippen LogP contribution in [0, 0.1) is 0 Å². The standard InChI is InChI=1S/C18H28ClNO2/c19-18-11-7-6-8-15(18)13-22-14-17(21)12-20-16-9-4-2-1-3-5-10-16/h6-8,11,16-17,20-21H,1-5,9-10,12-14H2/t17-/m1/s1. The maximum absolute atomic E-state index is 10.0. The summed E-state index contributed by atoms with van der Waals surface area (Å²) in [4.78, 5) is 0. The number of benzene rings is 1. The molecule has 0 unspecified atom stereocenters. The topological polar surface area (TPSA) is 41.5 Å². The van der Waals surface area contributed by atoms with Gasteiger partial charge in [-0.25, -0.2) is 0 Å². The highest BCUT2D eigenvalue weighted by Crippen LogP contribution is 2.17. The Bertz CT molecular complexity index is 419. The number of nitrogens with one attached hydrogen (secondary N) is 1. The molecule has 1 saturated carbocycles. The second-order valence-electron chi connectivity index (χ2n) is 6.21. The minimum absolute atomic E-state index is 0.338. The Morgan fingerprint density at radius 3 is 2.55 bits per heavy atom. The van der Waals surface area contributed by atoms with Crippen LogP contribution in [-0.2, 0) is 11.3 Å². The fourth-order valence-corrected chi connectivity index (χ4v) is 3.13. The molecule has 1 fully saturated rings. The van der Waals surface area contributed by atoms with Gasteiger partial charge in [-0.1, -0.05) is 61.9 Å². The van der Waals surface area contributed by atoms with Gasteiger partial charge in [-0.15, -0.1) is 0 Å². The molecular weight excluding hydrogens is 298 g/mol. The first-order chi connectivity index (χ1) is 10.8. The van der Waals surface area contributed by atoms with Crippen LogP contribution >= 0.6 is 11.6 Å². The Labute approximate surface area is 139 Å². The van der Waals surface area contributed by atoms with Crippen LogP contribution in [0.5, 0.6) is 0 Å². The summed E-state index contributed by atoms with van der Waals surface area (Å²) in [6, 6.07) is 8.20. The molecule has 0 aliphatic heterocycles. The summed E-state index contributed by atoms with van der Waals surface area (Å²) in [6.45, 7) is 1.39. The third-order valence-corrected chi connectivity index (χ3v) is 4.64. The van der Waals surface area contributed by atoms with Crippen LogP contribution in [0.4, 0.5) is 0 Å². The van der Waals surface area contributed by atoms with Gasteiger partial charge >= 0.3 is 0 Å². The molecule has 2 rings (SSSR count). The summed E-state index contributed by atoms with van der Waals surface area (Å²) in [5, 5.41) is 14.2. The molecule has 0 radical (unpaired) electrons. The van der Waals surface area contributed by atoms with Crippen LogP contribution in [0.1, 0.15) is 50.5 Å². The van der Waals surface area contributed by atoms with E-state index in [2.05, 4.69) is 5.32 Å². The Hall–Kier alpha value is -0.610. The zero-order chi connectivity index (χ0) is 15.6. The highest BCUT2D eigenvalue weighted by Gasteiger charge is 2.13. The van der Waals surface area contributed by atoms with Gasteiger partial charge in [-0.2, -0.15) is 0 Å². The highest BCUT2D eigenvalue weighted by atomic mass is 35.5. The molecule has 4 heteroatoms. The van der Waals surface area contributed by atoms with Crippen molar-refractivity contribution >= 4 is 11.6 Å². The minimum atomic E-state index is -0.465. The van der Waals surface area contributed by atoms with Crippen LogP contribution in [-0.4, -0.2) is 30.4 Å². The normalized spacial score (nSPS) is 18.6. The molecule has 3 nitrogen and oxygen atoms in total. The molecule has 0 saturated heterocycles. The largest absolute Gasteiger partial charge is 0.389 e. The Balaban J connectivity index is 1.61. The predicted octanol–water partition coefficient (Wildman–Crippen LogP) is 3.92. The van der Waals surface area contributed by atoms with Crippen LogP contribution in [0.3, 0.4) is 0 Å². The van der Waals surface area contributed by atoms with Crippen molar-refractivity contribution in [1.82, 2.24) is 5.32 Å². The van der Waals surface area contributed by atoms with E-state index in [0.29, 0.717) is 30.8 Å². The van der Waals surface area contributed by atoms with E-state index in [4.69, 9.17) is 16.3 Å². The summed E-state index contributed by atoms with van der Waals surface area (Å²) < 4.78 is 5.57. The van der Waals surface area contributed by atoms with E-state index in [-0.39, 0.29) is 0 Å². The third-order valence-electron chi connectivity index (χ3n) is 4.27. The molecule has 1 atom stereocenters. The van der Waals surface area contributed by atoms with E-state index in [0.717, 1.165) is 5.56 Å². The molecule has 0 heterocycles. The summed E-state index contributed by atoms with van der Waals surface area (Å²) in [7, 11) is 0. The third kappa shape index (κ3) is 6.66. The van der Waals surface area contributed by atoms with Gasteiger partial charge in [-0.05, 0) is 24.5 Å². The number of hydrogen-bond acceptors (Lipinski definition) is 3. The summed E-state index contributed by atoms with van der Waals surface area (Å²) in [5.41, 5.74) is 0.962. The average molecular weight is 326 g/mol.